The maximum absolute atomic E-state index is 12.7. The standard InChI is InChI=1S/C10H8ClFN4/c11-9-14-8(15-10(13)16-9)5-6-1-3-7(12)4-2-6/h1-4H,5H2,(H2,13,14,15,16). The number of rotatable bonds is 2. The largest absolute Gasteiger partial charge is 0.368 e. The first-order valence-corrected chi connectivity index (χ1v) is 4.91. The number of hydrogen-bond acceptors (Lipinski definition) is 4. The van der Waals surface area contributed by atoms with Crippen LogP contribution in [0.15, 0.2) is 24.3 Å². The number of aromatic nitrogens is 3. The fourth-order valence-electron chi connectivity index (χ4n) is 1.27. The van der Waals surface area contributed by atoms with E-state index in [2.05, 4.69) is 15.0 Å². The van der Waals surface area contributed by atoms with Crippen molar-refractivity contribution in [1.82, 2.24) is 15.0 Å². The summed E-state index contributed by atoms with van der Waals surface area (Å²) in [7, 11) is 0. The van der Waals surface area contributed by atoms with Crippen LogP contribution in [-0.4, -0.2) is 15.0 Å². The van der Waals surface area contributed by atoms with E-state index in [-0.39, 0.29) is 17.0 Å². The van der Waals surface area contributed by atoms with Crippen LogP contribution in [0.1, 0.15) is 11.4 Å². The van der Waals surface area contributed by atoms with Gasteiger partial charge in [-0.25, -0.2) is 9.37 Å². The fraction of sp³-hybridized carbons (Fsp3) is 0.100. The number of nitrogens with two attached hydrogens (primary N) is 1. The van der Waals surface area contributed by atoms with Gasteiger partial charge in [-0.1, -0.05) is 12.1 Å². The summed E-state index contributed by atoms with van der Waals surface area (Å²) in [6.07, 6.45) is 0.437. The summed E-state index contributed by atoms with van der Waals surface area (Å²) in [6.45, 7) is 0. The van der Waals surface area contributed by atoms with Gasteiger partial charge >= 0.3 is 0 Å². The minimum Gasteiger partial charge on any atom is -0.368 e. The number of benzene rings is 1. The summed E-state index contributed by atoms with van der Waals surface area (Å²) in [5, 5.41) is 0.0598. The van der Waals surface area contributed by atoms with E-state index in [1.54, 1.807) is 12.1 Å². The molecule has 0 amide bonds. The summed E-state index contributed by atoms with van der Waals surface area (Å²) in [5.41, 5.74) is 6.31. The van der Waals surface area contributed by atoms with Crippen LogP contribution in [0.5, 0.6) is 0 Å². The van der Waals surface area contributed by atoms with E-state index < -0.39 is 0 Å². The Balaban J connectivity index is 2.23. The smallest absolute Gasteiger partial charge is 0.227 e. The summed E-state index contributed by atoms with van der Waals surface area (Å²) in [6, 6.07) is 6.06. The van der Waals surface area contributed by atoms with Gasteiger partial charge in [0.2, 0.25) is 11.2 Å². The van der Waals surface area contributed by atoms with E-state index in [9.17, 15) is 4.39 Å². The Morgan fingerprint density at radius 3 is 2.44 bits per heavy atom. The third kappa shape index (κ3) is 2.64. The van der Waals surface area contributed by atoms with Crippen molar-refractivity contribution in [3.8, 4) is 0 Å². The van der Waals surface area contributed by atoms with E-state index in [0.717, 1.165) is 5.56 Å². The van der Waals surface area contributed by atoms with Crippen LogP contribution < -0.4 is 5.73 Å². The first-order valence-electron chi connectivity index (χ1n) is 4.54. The first-order chi connectivity index (χ1) is 7.63. The highest BCUT2D eigenvalue weighted by atomic mass is 35.5. The molecular formula is C10H8ClFN4. The maximum atomic E-state index is 12.7. The lowest BCUT2D eigenvalue weighted by molar-refractivity contribution is 0.627. The van der Waals surface area contributed by atoms with Crippen molar-refractivity contribution in [1.29, 1.82) is 0 Å². The summed E-state index contributed by atoms with van der Waals surface area (Å²) in [4.78, 5) is 11.5. The molecule has 4 nitrogen and oxygen atoms in total. The number of nitrogen functional groups attached to an aromatic ring is 1. The van der Waals surface area contributed by atoms with E-state index in [1.807, 2.05) is 0 Å². The average molecular weight is 239 g/mol. The van der Waals surface area contributed by atoms with Crippen LogP contribution in [0, 0.1) is 5.82 Å². The minimum atomic E-state index is -0.281. The quantitative estimate of drug-likeness (QED) is 0.867. The molecule has 1 heterocycles. The van der Waals surface area contributed by atoms with Crippen molar-refractivity contribution in [3.05, 3.63) is 46.8 Å². The lowest BCUT2D eigenvalue weighted by Gasteiger charge is -2.01. The Morgan fingerprint density at radius 2 is 1.81 bits per heavy atom. The van der Waals surface area contributed by atoms with Crippen molar-refractivity contribution >= 4 is 17.5 Å². The fourth-order valence-corrected chi connectivity index (χ4v) is 1.46. The molecule has 0 aliphatic carbocycles. The van der Waals surface area contributed by atoms with Gasteiger partial charge in [0.05, 0.1) is 0 Å². The molecule has 82 valence electrons. The Labute approximate surface area is 96.3 Å². The SMILES string of the molecule is Nc1nc(Cl)nc(Cc2ccc(F)cc2)n1. The first kappa shape index (κ1) is 10.8. The van der Waals surface area contributed by atoms with Crippen molar-refractivity contribution in [2.24, 2.45) is 0 Å². The minimum absolute atomic E-state index is 0.0598. The second kappa shape index (κ2) is 4.40. The molecule has 2 aromatic rings. The van der Waals surface area contributed by atoms with Gasteiger partial charge < -0.3 is 5.73 Å². The summed E-state index contributed by atoms with van der Waals surface area (Å²) in [5.74, 6) is 0.262. The molecule has 0 aliphatic rings. The molecule has 6 heteroatoms. The van der Waals surface area contributed by atoms with Crippen molar-refractivity contribution in [2.45, 2.75) is 6.42 Å². The number of hydrogen-bond donors (Lipinski definition) is 1. The number of anilines is 1. The van der Waals surface area contributed by atoms with Gasteiger partial charge in [-0.05, 0) is 29.3 Å². The Bertz CT molecular complexity index is 480. The summed E-state index contributed by atoms with van der Waals surface area (Å²) < 4.78 is 12.7. The predicted molar refractivity (Wildman–Crippen MR) is 58.5 cm³/mol. The Hall–Kier alpha value is -1.75. The lowest BCUT2D eigenvalue weighted by atomic mass is 10.1. The molecule has 0 bridgehead atoms. The predicted octanol–water partition coefficient (Wildman–Crippen LogP) is 1.84. The van der Waals surface area contributed by atoms with Crippen molar-refractivity contribution in [3.63, 3.8) is 0 Å². The number of halogens is 2. The zero-order valence-electron chi connectivity index (χ0n) is 8.19. The molecule has 0 spiro atoms. The molecule has 1 aromatic carbocycles. The summed E-state index contributed by atoms with van der Waals surface area (Å²) >= 11 is 5.64. The normalized spacial score (nSPS) is 10.4. The van der Waals surface area contributed by atoms with Crippen LogP contribution in [0.3, 0.4) is 0 Å². The highest BCUT2D eigenvalue weighted by Gasteiger charge is 2.03. The van der Waals surface area contributed by atoms with Gasteiger partial charge in [0.1, 0.15) is 11.6 Å². The van der Waals surface area contributed by atoms with Crippen molar-refractivity contribution < 1.29 is 4.39 Å². The molecule has 0 radical (unpaired) electrons. The molecule has 0 saturated heterocycles. The number of nitrogens with zero attached hydrogens (tertiary/aromatic N) is 3. The zero-order chi connectivity index (χ0) is 11.5. The monoisotopic (exact) mass is 238 g/mol. The van der Waals surface area contributed by atoms with E-state index >= 15 is 0 Å². The molecule has 2 N–H and O–H groups in total. The van der Waals surface area contributed by atoms with Crippen LogP contribution in [0.4, 0.5) is 10.3 Å². The van der Waals surface area contributed by atoms with Crippen LogP contribution in [-0.2, 0) is 6.42 Å². The molecule has 2 rings (SSSR count). The third-order valence-electron chi connectivity index (χ3n) is 1.95. The van der Waals surface area contributed by atoms with Crippen LogP contribution in [0.2, 0.25) is 5.28 Å². The Morgan fingerprint density at radius 1 is 1.12 bits per heavy atom. The molecule has 0 atom stereocenters. The van der Waals surface area contributed by atoms with Gasteiger partial charge in [-0.2, -0.15) is 9.97 Å². The molecule has 1 aromatic heterocycles. The lowest BCUT2D eigenvalue weighted by Crippen LogP contribution is -2.03. The van der Waals surface area contributed by atoms with Crippen LogP contribution in [0.25, 0.3) is 0 Å². The van der Waals surface area contributed by atoms with E-state index in [1.165, 1.54) is 12.1 Å². The molecule has 0 saturated carbocycles. The highest BCUT2D eigenvalue weighted by molar-refractivity contribution is 6.28. The highest BCUT2D eigenvalue weighted by Crippen LogP contribution is 2.09. The van der Waals surface area contributed by atoms with Gasteiger partial charge in [0.15, 0.2) is 0 Å². The second-order valence-corrected chi connectivity index (χ2v) is 3.52. The molecular weight excluding hydrogens is 231 g/mol. The van der Waals surface area contributed by atoms with Crippen molar-refractivity contribution in [2.75, 3.05) is 5.73 Å². The molecule has 0 unspecified atom stereocenters. The van der Waals surface area contributed by atoms with Gasteiger partial charge in [-0.3, -0.25) is 0 Å². The Kier molecular flexibility index (Phi) is 2.96. The topological polar surface area (TPSA) is 64.7 Å². The van der Waals surface area contributed by atoms with Gasteiger partial charge in [-0.15, -0.1) is 0 Å². The van der Waals surface area contributed by atoms with Gasteiger partial charge in [0.25, 0.3) is 0 Å². The average Bonchev–Trinajstić information content (AvgIpc) is 2.20. The zero-order valence-corrected chi connectivity index (χ0v) is 8.95. The van der Waals surface area contributed by atoms with E-state index in [0.29, 0.717) is 12.2 Å². The van der Waals surface area contributed by atoms with Gasteiger partial charge in [0, 0.05) is 6.42 Å². The molecule has 0 aliphatic heterocycles. The maximum Gasteiger partial charge on any atom is 0.227 e. The molecule has 0 fully saturated rings. The molecule has 16 heavy (non-hydrogen) atoms. The van der Waals surface area contributed by atoms with E-state index in [4.69, 9.17) is 17.3 Å². The second-order valence-electron chi connectivity index (χ2n) is 3.18. The van der Waals surface area contributed by atoms with Crippen LogP contribution >= 0.6 is 11.6 Å². The third-order valence-corrected chi connectivity index (χ3v) is 2.12.